The molecule has 1 aliphatic rings. The number of hydrogen-bond donors (Lipinski definition) is 0. The SMILES string of the molecule is CCCc1ccc(-c2ccc(CCC3CCC(c4ccc(C)cc4F)CC3)c(F)c2F)cc1. The van der Waals surface area contributed by atoms with Crippen LogP contribution >= 0.6 is 0 Å². The Bertz CT molecular complexity index is 1080. The van der Waals surface area contributed by atoms with Crippen LogP contribution < -0.4 is 0 Å². The van der Waals surface area contributed by atoms with Gasteiger partial charge in [-0.25, -0.2) is 13.2 Å². The van der Waals surface area contributed by atoms with Crippen LogP contribution in [0.2, 0.25) is 0 Å². The minimum atomic E-state index is -0.755. The van der Waals surface area contributed by atoms with E-state index in [-0.39, 0.29) is 11.7 Å². The highest BCUT2D eigenvalue weighted by atomic mass is 19.2. The van der Waals surface area contributed by atoms with Gasteiger partial charge in [0.1, 0.15) is 5.82 Å². The maximum Gasteiger partial charge on any atom is 0.166 e. The topological polar surface area (TPSA) is 0 Å². The Morgan fingerprint density at radius 2 is 1.52 bits per heavy atom. The van der Waals surface area contributed by atoms with Gasteiger partial charge in [0.05, 0.1) is 0 Å². The molecule has 174 valence electrons. The number of halogens is 3. The summed E-state index contributed by atoms with van der Waals surface area (Å²) in [5.74, 6) is -0.840. The summed E-state index contributed by atoms with van der Waals surface area (Å²) in [4.78, 5) is 0. The first-order valence-corrected chi connectivity index (χ1v) is 12.3. The van der Waals surface area contributed by atoms with Crippen LogP contribution in [-0.4, -0.2) is 0 Å². The molecule has 1 aliphatic carbocycles. The second-order valence-electron chi connectivity index (χ2n) is 9.63. The number of benzene rings is 3. The van der Waals surface area contributed by atoms with Crippen LogP contribution in [0, 0.1) is 30.3 Å². The molecule has 0 aromatic heterocycles. The third-order valence-corrected chi connectivity index (χ3v) is 7.23. The lowest BCUT2D eigenvalue weighted by atomic mass is 9.76. The van der Waals surface area contributed by atoms with Gasteiger partial charge >= 0.3 is 0 Å². The zero-order chi connectivity index (χ0) is 23.4. The van der Waals surface area contributed by atoms with Crippen LogP contribution in [0.4, 0.5) is 13.2 Å². The number of rotatable bonds is 7. The average Bonchev–Trinajstić information content (AvgIpc) is 2.81. The van der Waals surface area contributed by atoms with Crippen LogP contribution in [0.1, 0.15) is 73.6 Å². The van der Waals surface area contributed by atoms with Gasteiger partial charge in [0.15, 0.2) is 11.6 Å². The van der Waals surface area contributed by atoms with E-state index in [1.165, 1.54) is 5.56 Å². The zero-order valence-electron chi connectivity index (χ0n) is 19.6. The molecule has 0 nitrogen and oxygen atoms in total. The van der Waals surface area contributed by atoms with Crippen molar-refractivity contribution < 1.29 is 13.2 Å². The molecular formula is C30H33F3. The molecule has 0 aliphatic heterocycles. The molecule has 0 saturated heterocycles. The smallest absolute Gasteiger partial charge is 0.166 e. The fourth-order valence-electron chi connectivity index (χ4n) is 5.23. The first-order chi connectivity index (χ1) is 16.0. The lowest BCUT2D eigenvalue weighted by Gasteiger charge is -2.29. The molecule has 1 saturated carbocycles. The normalized spacial score (nSPS) is 18.5. The van der Waals surface area contributed by atoms with Crippen LogP contribution in [0.15, 0.2) is 54.6 Å². The maximum absolute atomic E-state index is 14.9. The lowest BCUT2D eigenvalue weighted by molar-refractivity contribution is 0.305. The van der Waals surface area contributed by atoms with E-state index < -0.39 is 11.6 Å². The second-order valence-corrected chi connectivity index (χ2v) is 9.63. The van der Waals surface area contributed by atoms with E-state index in [0.717, 1.165) is 56.1 Å². The van der Waals surface area contributed by atoms with E-state index >= 15 is 0 Å². The molecule has 3 aromatic rings. The number of hydrogen-bond acceptors (Lipinski definition) is 0. The molecule has 0 unspecified atom stereocenters. The van der Waals surface area contributed by atoms with E-state index in [4.69, 9.17) is 0 Å². The summed E-state index contributed by atoms with van der Waals surface area (Å²) in [5.41, 5.74) is 4.45. The molecule has 0 radical (unpaired) electrons. The molecule has 3 heteroatoms. The molecule has 4 rings (SSSR count). The van der Waals surface area contributed by atoms with Crippen molar-refractivity contribution in [3.63, 3.8) is 0 Å². The van der Waals surface area contributed by atoms with E-state index in [1.54, 1.807) is 18.2 Å². The standard InChI is InChI=1S/C30H33F3/c1-3-4-21-6-13-24(14-7-21)27-18-16-25(29(32)30(27)33)15-10-22-8-11-23(12-9-22)26-17-5-20(2)19-28(26)31/h5-7,13-14,16-19,22-23H,3-4,8-12,15H2,1-2H3. The van der Waals surface area contributed by atoms with Crippen molar-refractivity contribution in [1.29, 1.82) is 0 Å². The minimum absolute atomic E-state index is 0.101. The average molecular weight is 451 g/mol. The van der Waals surface area contributed by atoms with Gasteiger partial charge in [-0.2, -0.15) is 0 Å². The Morgan fingerprint density at radius 3 is 2.18 bits per heavy atom. The molecule has 0 heterocycles. The molecule has 0 bridgehead atoms. The fourth-order valence-corrected chi connectivity index (χ4v) is 5.23. The van der Waals surface area contributed by atoms with Gasteiger partial charge in [0, 0.05) is 5.56 Å². The first kappa shape index (κ1) is 23.6. The van der Waals surface area contributed by atoms with Crippen LogP contribution in [0.25, 0.3) is 11.1 Å². The van der Waals surface area contributed by atoms with Crippen LogP contribution in [-0.2, 0) is 12.8 Å². The van der Waals surface area contributed by atoms with Gasteiger partial charge in [-0.05, 0) is 97.6 Å². The molecule has 0 amide bonds. The van der Waals surface area contributed by atoms with Crippen molar-refractivity contribution in [2.75, 3.05) is 0 Å². The van der Waals surface area contributed by atoms with Gasteiger partial charge in [-0.15, -0.1) is 0 Å². The molecular weight excluding hydrogens is 417 g/mol. The van der Waals surface area contributed by atoms with Gasteiger partial charge in [0.25, 0.3) is 0 Å². The monoisotopic (exact) mass is 450 g/mol. The molecule has 1 fully saturated rings. The molecule has 3 aromatic carbocycles. The van der Waals surface area contributed by atoms with E-state index in [0.29, 0.717) is 29.0 Å². The summed E-state index contributed by atoms with van der Waals surface area (Å²) < 4.78 is 44.0. The summed E-state index contributed by atoms with van der Waals surface area (Å²) in [5, 5.41) is 0. The van der Waals surface area contributed by atoms with Crippen molar-refractivity contribution in [2.45, 2.75) is 71.1 Å². The largest absolute Gasteiger partial charge is 0.207 e. The third-order valence-electron chi connectivity index (χ3n) is 7.23. The lowest BCUT2D eigenvalue weighted by Crippen LogP contribution is -2.15. The summed E-state index contributed by atoms with van der Waals surface area (Å²) in [6.45, 7) is 4.03. The Morgan fingerprint density at radius 1 is 0.788 bits per heavy atom. The van der Waals surface area contributed by atoms with Crippen molar-refractivity contribution in [2.24, 2.45) is 5.92 Å². The summed E-state index contributed by atoms with van der Waals surface area (Å²) in [6.07, 6.45) is 7.33. The summed E-state index contributed by atoms with van der Waals surface area (Å²) in [6, 6.07) is 16.7. The van der Waals surface area contributed by atoms with Crippen molar-refractivity contribution in [3.8, 4) is 11.1 Å². The highest BCUT2D eigenvalue weighted by Gasteiger charge is 2.25. The second kappa shape index (κ2) is 10.6. The first-order valence-electron chi connectivity index (χ1n) is 12.3. The predicted octanol–water partition coefficient (Wildman–Crippen LogP) is 8.94. The van der Waals surface area contributed by atoms with Gasteiger partial charge in [-0.1, -0.05) is 61.9 Å². The van der Waals surface area contributed by atoms with E-state index in [2.05, 4.69) is 6.92 Å². The molecule has 0 N–H and O–H groups in total. The van der Waals surface area contributed by atoms with Gasteiger partial charge in [-0.3, -0.25) is 0 Å². The highest BCUT2D eigenvalue weighted by molar-refractivity contribution is 5.65. The van der Waals surface area contributed by atoms with Crippen molar-refractivity contribution >= 4 is 0 Å². The Hall–Kier alpha value is -2.55. The molecule has 0 spiro atoms. The minimum Gasteiger partial charge on any atom is -0.207 e. The Labute approximate surface area is 195 Å². The summed E-state index contributed by atoms with van der Waals surface area (Å²) in [7, 11) is 0. The molecule has 0 atom stereocenters. The quantitative estimate of drug-likeness (QED) is 0.337. The van der Waals surface area contributed by atoms with Crippen LogP contribution in [0.5, 0.6) is 0 Å². The van der Waals surface area contributed by atoms with E-state index in [9.17, 15) is 13.2 Å². The number of aryl methyl sites for hydroxylation is 3. The van der Waals surface area contributed by atoms with Crippen molar-refractivity contribution in [3.05, 3.63) is 94.3 Å². The zero-order valence-corrected chi connectivity index (χ0v) is 19.6. The predicted molar refractivity (Wildman–Crippen MR) is 130 cm³/mol. The van der Waals surface area contributed by atoms with Gasteiger partial charge in [0.2, 0.25) is 0 Å². The Balaban J connectivity index is 1.36. The van der Waals surface area contributed by atoms with Crippen molar-refractivity contribution in [1.82, 2.24) is 0 Å². The third kappa shape index (κ3) is 5.51. The maximum atomic E-state index is 14.9. The Kier molecular flexibility index (Phi) is 7.57. The van der Waals surface area contributed by atoms with E-state index in [1.807, 2.05) is 43.3 Å². The van der Waals surface area contributed by atoms with Gasteiger partial charge < -0.3 is 0 Å². The highest BCUT2D eigenvalue weighted by Crippen LogP contribution is 2.39. The molecule has 33 heavy (non-hydrogen) atoms. The fraction of sp³-hybridized carbons (Fsp3) is 0.400. The van der Waals surface area contributed by atoms with Crippen LogP contribution in [0.3, 0.4) is 0 Å². The summed E-state index contributed by atoms with van der Waals surface area (Å²) >= 11 is 0.